The first-order valence-corrected chi connectivity index (χ1v) is 9.70. The molecular formula is C25H20N2O. The fraction of sp³-hybridized carbons (Fsp3) is 0.200. The zero-order chi connectivity index (χ0) is 19.2. The number of benzene rings is 3. The average molecular weight is 364 g/mol. The van der Waals surface area contributed by atoms with Crippen LogP contribution in [0.4, 0.5) is 0 Å². The minimum absolute atomic E-state index is 0.290. The Bertz CT molecular complexity index is 1460. The molecule has 0 saturated carbocycles. The summed E-state index contributed by atoms with van der Waals surface area (Å²) >= 11 is 0. The Kier molecular flexibility index (Phi) is 2.82. The van der Waals surface area contributed by atoms with Gasteiger partial charge in [0.2, 0.25) is 0 Å². The zero-order valence-corrected chi connectivity index (χ0v) is 16.4. The summed E-state index contributed by atoms with van der Waals surface area (Å²) in [7, 11) is 0. The lowest BCUT2D eigenvalue weighted by Crippen LogP contribution is -2.22. The van der Waals surface area contributed by atoms with Gasteiger partial charge in [0.25, 0.3) is 0 Å². The van der Waals surface area contributed by atoms with Crippen molar-refractivity contribution in [2.75, 3.05) is 0 Å². The summed E-state index contributed by atoms with van der Waals surface area (Å²) in [4.78, 5) is 10.2. The summed E-state index contributed by atoms with van der Waals surface area (Å²) in [6, 6.07) is 16.8. The van der Waals surface area contributed by atoms with Gasteiger partial charge in [0.1, 0.15) is 11.2 Å². The van der Waals surface area contributed by atoms with E-state index in [1.54, 1.807) is 0 Å². The van der Waals surface area contributed by atoms with E-state index in [0.717, 1.165) is 50.3 Å². The van der Waals surface area contributed by atoms with Crippen LogP contribution in [0.5, 0.6) is 0 Å². The summed E-state index contributed by atoms with van der Waals surface area (Å²) < 4.78 is 6.42. The van der Waals surface area contributed by atoms with Gasteiger partial charge in [0, 0.05) is 21.8 Å². The first-order valence-electron chi connectivity index (χ1n) is 9.70. The van der Waals surface area contributed by atoms with E-state index in [-0.39, 0.29) is 5.41 Å². The van der Waals surface area contributed by atoms with Gasteiger partial charge in [-0.25, -0.2) is 9.97 Å². The predicted octanol–water partition coefficient (Wildman–Crippen LogP) is 6.45. The number of fused-ring (bicyclic) bond motifs is 3. The number of nitrogens with zero attached hydrogens (tertiary/aromatic N) is 2. The summed E-state index contributed by atoms with van der Waals surface area (Å²) in [6.07, 6.45) is 0. The molecule has 3 heteroatoms. The molecule has 0 bridgehead atoms. The minimum Gasteiger partial charge on any atom is -0.455 e. The van der Waals surface area contributed by atoms with Crippen LogP contribution in [0.15, 0.2) is 52.9 Å². The molecule has 0 radical (unpaired) electrons. The highest BCUT2D eigenvalue weighted by Crippen LogP contribution is 2.49. The van der Waals surface area contributed by atoms with Gasteiger partial charge in [-0.3, -0.25) is 0 Å². The van der Waals surface area contributed by atoms with Crippen LogP contribution in [0.1, 0.15) is 36.2 Å². The summed E-state index contributed by atoms with van der Waals surface area (Å²) in [6.45, 7) is 8.72. The van der Waals surface area contributed by atoms with Crippen LogP contribution in [0, 0.1) is 13.8 Å². The van der Waals surface area contributed by atoms with Crippen LogP contribution in [-0.2, 0) is 5.41 Å². The van der Waals surface area contributed by atoms with E-state index < -0.39 is 0 Å². The van der Waals surface area contributed by atoms with Crippen molar-refractivity contribution in [1.29, 1.82) is 0 Å². The van der Waals surface area contributed by atoms with Crippen LogP contribution in [0.2, 0.25) is 0 Å². The molecule has 3 nitrogen and oxygen atoms in total. The van der Waals surface area contributed by atoms with Gasteiger partial charge in [-0.05, 0) is 42.7 Å². The normalized spacial score (nSPS) is 14.7. The molecule has 6 rings (SSSR count). The Balaban J connectivity index is 1.93. The highest BCUT2D eigenvalue weighted by atomic mass is 16.3. The average Bonchev–Trinajstić information content (AvgIpc) is 3.07. The van der Waals surface area contributed by atoms with Crippen LogP contribution >= 0.6 is 0 Å². The Morgan fingerprint density at radius 1 is 0.750 bits per heavy atom. The van der Waals surface area contributed by atoms with Gasteiger partial charge in [-0.1, -0.05) is 50.2 Å². The summed E-state index contributed by atoms with van der Waals surface area (Å²) in [5, 5.41) is 2.38. The Morgan fingerprint density at radius 3 is 2.14 bits per heavy atom. The predicted molar refractivity (Wildman–Crippen MR) is 114 cm³/mol. The molecule has 28 heavy (non-hydrogen) atoms. The highest BCUT2D eigenvalue weighted by molar-refractivity contribution is 6.16. The Hall–Kier alpha value is -3.20. The van der Waals surface area contributed by atoms with Crippen molar-refractivity contribution >= 4 is 33.0 Å². The molecule has 1 aliphatic rings. The monoisotopic (exact) mass is 364 g/mol. The van der Waals surface area contributed by atoms with Crippen molar-refractivity contribution < 1.29 is 4.42 Å². The van der Waals surface area contributed by atoms with Crippen molar-refractivity contribution in [3.63, 3.8) is 0 Å². The maximum Gasteiger partial charge on any atom is 0.139 e. The van der Waals surface area contributed by atoms with Crippen molar-refractivity contribution in [2.24, 2.45) is 0 Å². The van der Waals surface area contributed by atoms with Crippen molar-refractivity contribution in [2.45, 2.75) is 33.1 Å². The molecule has 2 aromatic heterocycles. The van der Waals surface area contributed by atoms with Crippen LogP contribution in [0.3, 0.4) is 0 Å². The summed E-state index contributed by atoms with van der Waals surface area (Å²) in [5.74, 6) is 0. The number of hydrogen-bond acceptors (Lipinski definition) is 3. The molecule has 5 aromatic rings. The van der Waals surface area contributed by atoms with E-state index in [4.69, 9.17) is 14.4 Å². The molecule has 2 heterocycles. The highest BCUT2D eigenvalue weighted by Gasteiger charge is 2.36. The van der Waals surface area contributed by atoms with Crippen LogP contribution in [0.25, 0.3) is 44.2 Å². The van der Waals surface area contributed by atoms with Gasteiger partial charge < -0.3 is 4.42 Å². The maximum atomic E-state index is 6.42. The molecule has 136 valence electrons. The molecule has 0 unspecified atom stereocenters. The summed E-state index contributed by atoms with van der Waals surface area (Å²) in [5.41, 5.74) is 10.2. The Labute approximate surface area is 163 Å². The van der Waals surface area contributed by atoms with Crippen molar-refractivity contribution in [1.82, 2.24) is 9.97 Å². The molecule has 0 atom stereocenters. The van der Waals surface area contributed by atoms with E-state index in [2.05, 4.69) is 52.0 Å². The quantitative estimate of drug-likeness (QED) is 0.317. The van der Waals surface area contributed by atoms with Gasteiger partial charge in [-0.15, -0.1) is 0 Å². The van der Waals surface area contributed by atoms with Crippen LogP contribution in [-0.4, -0.2) is 9.97 Å². The zero-order valence-electron chi connectivity index (χ0n) is 16.4. The van der Waals surface area contributed by atoms with Gasteiger partial charge in [-0.2, -0.15) is 0 Å². The SMILES string of the molecule is Cc1ccc2c3c1oc1c(C)ccc(c13)C(C)(C)c1nc3ccccc3nc1-2. The van der Waals surface area contributed by atoms with E-state index in [1.165, 1.54) is 16.3 Å². The molecule has 0 amide bonds. The number of hydrogen-bond donors (Lipinski definition) is 0. The lowest BCUT2D eigenvalue weighted by molar-refractivity contribution is 0.622. The second-order valence-electron chi connectivity index (χ2n) is 8.40. The minimum atomic E-state index is -0.290. The van der Waals surface area contributed by atoms with E-state index in [0.29, 0.717) is 0 Å². The molecule has 0 fully saturated rings. The fourth-order valence-corrected chi connectivity index (χ4v) is 4.70. The molecule has 0 saturated heterocycles. The molecule has 0 spiro atoms. The fourth-order valence-electron chi connectivity index (χ4n) is 4.70. The van der Waals surface area contributed by atoms with Crippen molar-refractivity contribution in [3.8, 4) is 11.3 Å². The maximum absolute atomic E-state index is 6.42. The molecule has 3 aromatic carbocycles. The number of rotatable bonds is 0. The number of aryl methyl sites for hydroxylation is 2. The topological polar surface area (TPSA) is 38.9 Å². The van der Waals surface area contributed by atoms with Gasteiger partial charge >= 0.3 is 0 Å². The third kappa shape index (κ3) is 1.79. The Morgan fingerprint density at radius 2 is 1.39 bits per heavy atom. The third-order valence-electron chi connectivity index (χ3n) is 6.25. The molecular weight excluding hydrogens is 344 g/mol. The smallest absolute Gasteiger partial charge is 0.139 e. The second kappa shape index (κ2) is 4.99. The standard InChI is InChI=1S/C25H20N2O/c1-13-9-11-15-19-20-16(12-10-14(2)23(20)28-22(13)19)25(3,4)24-21(15)26-17-7-5-6-8-18(17)27-24/h5-12H,1-4H3. The van der Waals surface area contributed by atoms with Crippen LogP contribution < -0.4 is 0 Å². The molecule has 0 aliphatic heterocycles. The third-order valence-corrected chi connectivity index (χ3v) is 6.25. The van der Waals surface area contributed by atoms with E-state index in [1.807, 2.05) is 24.3 Å². The second-order valence-corrected chi connectivity index (χ2v) is 8.40. The van der Waals surface area contributed by atoms with Crippen molar-refractivity contribution in [3.05, 3.63) is 70.9 Å². The first kappa shape index (κ1) is 15.8. The lowest BCUT2D eigenvalue weighted by Gasteiger charge is -2.26. The number of para-hydroxylation sites is 2. The van der Waals surface area contributed by atoms with Gasteiger partial charge in [0.05, 0.1) is 22.4 Å². The first-order chi connectivity index (χ1) is 13.5. The molecule has 1 aliphatic carbocycles. The molecule has 0 N–H and O–H groups in total. The largest absolute Gasteiger partial charge is 0.455 e. The number of furan rings is 1. The van der Waals surface area contributed by atoms with E-state index in [9.17, 15) is 0 Å². The number of aromatic nitrogens is 2. The lowest BCUT2D eigenvalue weighted by atomic mass is 9.79. The van der Waals surface area contributed by atoms with E-state index >= 15 is 0 Å². The van der Waals surface area contributed by atoms with Gasteiger partial charge in [0.15, 0.2) is 0 Å².